The van der Waals surface area contributed by atoms with Crippen LogP contribution >= 0.6 is 0 Å². The molecule has 0 aliphatic heterocycles. The SMILES string of the molecule is Cc1ncc(OC(C)C)cc1F. The van der Waals surface area contributed by atoms with Crippen molar-refractivity contribution in [1.82, 2.24) is 4.98 Å². The second kappa shape index (κ2) is 3.52. The van der Waals surface area contributed by atoms with Gasteiger partial charge in [0.05, 0.1) is 18.0 Å². The van der Waals surface area contributed by atoms with E-state index < -0.39 is 0 Å². The van der Waals surface area contributed by atoms with Gasteiger partial charge in [0.15, 0.2) is 0 Å². The molecule has 3 heteroatoms. The first kappa shape index (κ1) is 8.97. The first-order valence-corrected chi connectivity index (χ1v) is 3.88. The summed E-state index contributed by atoms with van der Waals surface area (Å²) in [6.45, 7) is 5.39. The zero-order valence-electron chi connectivity index (χ0n) is 7.47. The quantitative estimate of drug-likeness (QED) is 0.677. The summed E-state index contributed by atoms with van der Waals surface area (Å²) in [4.78, 5) is 3.83. The average molecular weight is 169 g/mol. The summed E-state index contributed by atoms with van der Waals surface area (Å²) in [7, 11) is 0. The van der Waals surface area contributed by atoms with Gasteiger partial charge in [-0.25, -0.2) is 4.39 Å². The van der Waals surface area contributed by atoms with Crippen LogP contribution in [0.1, 0.15) is 19.5 Å². The molecular formula is C9H12FNO. The van der Waals surface area contributed by atoms with Gasteiger partial charge < -0.3 is 4.74 Å². The molecule has 0 aliphatic rings. The smallest absolute Gasteiger partial charge is 0.148 e. The van der Waals surface area contributed by atoms with E-state index in [1.807, 2.05) is 13.8 Å². The van der Waals surface area contributed by atoms with Crippen LogP contribution in [0, 0.1) is 12.7 Å². The van der Waals surface area contributed by atoms with Gasteiger partial charge in [0.2, 0.25) is 0 Å². The molecule has 0 amide bonds. The van der Waals surface area contributed by atoms with Crippen molar-refractivity contribution in [3.8, 4) is 5.75 Å². The number of nitrogens with zero attached hydrogens (tertiary/aromatic N) is 1. The van der Waals surface area contributed by atoms with E-state index in [-0.39, 0.29) is 11.9 Å². The van der Waals surface area contributed by atoms with Crippen LogP contribution in [-0.2, 0) is 0 Å². The number of halogens is 1. The third-order valence-corrected chi connectivity index (χ3v) is 1.37. The first-order chi connectivity index (χ1) is 5.59. The third-order valence-electron chi connectivity index (χ3n) is 1.37. The minimum absolute atomic E-state index is 0.0499. The molecule has 1 rings (SSSR count). The van der Waals surface area contributed by atoms with Crippen LogP contribution in [0.3, 0.4) is 0 Å². The van der Waals surface area contributed by atoms with Crippen molar-refractivity contribution in [2.75, 3.05) is 0 Å². The Balaban J connectivity index is 2.82. The Morgan fingerprint density at radius 1 is 1.50 bits per heavy atom. The number of ether oxygens (including phenoxy) is 1. The van der Waals surface area contributed by atoms with E-state index in [2.05, 4.69) is 4.98 Å². The fraction of sp³-hybridized carbons (Fsp3) is 0.444. The molecule has 0 spiro atoms. The van der Waals surface area contributed by atoms with Crippen molar-refractivity contribution < 1.29 is 9.13 Å². The number of rotatable bonds is 2. The van der Waals surface area contributed by atoms with Gasteiger partial charge in [-0.3, -0.25) is 4.98 Å². The molecule has 0 fully saturated rings. The molecule has 2 nitrogen and oxygen atoms in total. The van der Waals surface area contributed by atoms with Crippen molar-refractivity contribution in [2.45, 2.75) is 26.9 Å². The van der Waals surface area contributed by atoms with Gasteiger partial charge in [-0.05, 0) is 20.8 Å². The lowest BCUT2D eigenvalue weighted by atomic mass is 10.3. The maximum absolute atomic E-state index is 12.9. The van der Waals surface area contributed by atoms with E-state index in [0.717, 1.165) is 0 Å². The fourth-order valence-electron chi connectivity index (χ4n) is 0.825. The maximum atomic E-state index is 12.9. The summed E-state index contributed by atoms with van der Waals surface area (Å²) < 4.78 is 18.1. The summed E-state index contributed by atoms with van der Waals surface area (Å²) in [5.74, 6) is 0.154. The van der Waals surface area contributed by atoms with Crippen LogP contribution in [0.25, 0.3) is 0 Å². The number of aromatic nitrogens is 1. The highest BCUT2D eigenvalue weighted by Gasteiger charge is 2.02. The van der Waals surface area contributed by atoms with E-state index >= 15 is 0 Å². The highest BCUT2D eigenvalue weighted by atomic mass is 19.1. The van der Waals surface area contributed by atoms with Crippen molar-refractivity contribution in [3.63, 3.8) is 0 Å². The molecule has 0 unspecified atom stereocenters. The zero-order chi connectivity index (χ0) is 9.14. The van der Waals surface area contributed by atoms with Crippen molar-refractivity contribution in [2.24, 2.45) is 0 Å². The highest BCUT2D eigenvalue weighted by Crippen LogP contribution is 2.14. The van der Waals surface area contributed by atoms with E-state index in [9.17, 15) is 4.39 Å². The van der Waals surface area contributed by atoms with Gasteiger partial charge in [0.25, 0.3) is 0 Å². The van der Waals surface area contributed by atoms with Crippen molar-refractivity contribution in [3.05, 3.63) is 23.8 Å². The Labute approximate surface area is 71.4 Å². The van der Waals surface area contributed by atoms with Crippen LogP contribution in [0.15, 0.2) is 12.3 Å². The molecule has 0 aliphatic carbocycles. The predicted molar refractivity (Wildman–Crippen MR) is 44.7 cm³/mol. The van der Waals surface area contributed by atoms with Crippen LogP contribution in [0.2, 0.25) is 0 Å². The number of hydrogen-bond acceptors (Lipinski definition) is 2. The van der Waals surface area contributed by atoms with Crippen molar-refractivity contribution >= 4 is 0 Å². The Morgan fingerprint density at radius 3 is 2.67 bits per heavy atom. The highest BCUT2D eigenvalue weighted by molar-refractivity contribution is 5.21. The average Bonchev–Trinajstić information content (AvgIpc) is 1.96. The number of aryl methyl sites for hydroxylation is 1. The van der Waals surface area contributed by atoms with E-state index in [4.69, 9.17) is 4.74 Å². The predicted octanol–water partition coefficient (Wildman–Crippen LogP) is 2.32. The van der Waals surface area contributed by atoms with E-state index in [1.54, 1.807) is 6.92 Å². The lowest BCUT2D eigenvalue weighted by Gasteiger charge is -2.08. The van der Waals surface area contributed by atoms with Crippen LogP contribution in [0.4, 0.5) is 4.39 Å². The van der Waals surface area contributed by atoms with Crippen LogP contribution < -0.4 is 4.74 Å². The molecule has 0 aromatic carbocycles. The van der Waals surface area contributed by atoms with Gasteiger partial charge in [0, 0.05) is 6.07 Å². The maximum Gasteiger partial charge on any atom is 0.148 e. The fourth-order valence-corrected chi connectivity index (χ4v) is 0.825. The topological polar surface area (TPSA) is 22.1 Å². The summed E-state index contributed by atoms with van der Waals surface area (Å²) in [5, 5.41) is 0. The monoisotopic (exact) mass is 169 g/mol. The lowest BCUT2D eigenvalue weighted by molar-refractivity contribution is 0.240. The van der Waals surface area contributed by atoms with Crippen LogP contribution in [-0.4, -0.2) is 11.1 Å². The largest absolute Gasteiger partial charge is 0.489 e. The molecule has 66 valence electrons. The minimum atomic E-state index is -0.326. The number of hydrogen-bond donors (Lipinski definition) is 0. The van der Waals surface area contributed by atoms with Gasteiger partial charge in [-0.1, -0.05) is 0 Å². The summed E-state index contributed by atoms with van der Waals surface area (Å²) in [5.41, 5.74) is 0.395. The zero-order valence-corrected chi connectivity index (χ0v) is 7.47. The molecular weight excluding hydrogens is 157 g/mol. The van der Waals surface area contributed by atoms with Gasteiger partial charge in [-0.15, -0.1) is 0 Å². The Hall–Kier alpha value is -1.12. The number of pyridine rings is 1. The molecule has 0 N–H and O–H groups in total. The summed E-state index contributed by atoms with van der Waals surface area (Å²) >= 11 is 0. The van der Waals surface area contributed by atoms with Crippen LogP contribution in [0.5, 0.6) is 5.75 Å². The molecule has 0 atom stereocenters. The second-order valence-electron chi connectivity index (χ2n) is 2.90. The van der Waals surface area contributed by atoms with Gasteiger partial charge in [-0.2, -0.15) is 0 Å². The van der Waals surface area contributed by atoms with E-state index in [1.165, 1.54) is 12.3 Å². The molecule has 0 bridgehead atoms. The molecule has 0 saturated carbocycles. The summed E-state index contributed by atoms with van der Waals surface area (Å²) in [6.07, 6.45) is 1.58. The second-order valence-corrected chi connectivity index (χ2v) is 2.90. The normalized spacial score (nSPS) is 10.4. The molecule has 1 aromatic rings. The molecule has 12 heavy (non-hydrogen) atoms. The first-order valence-electron chi connectivity index (χ1n) is 3.88. The Kier molecular flexibility index (Phi) is 2.63. The van der Waals surface area contributed by atoms with E-state index in [0.29, 0.717) is 11.4 Å². The third kappa shape index (κ3) is 2.19. The molecule has 1 aromatic heterocycles. The molecule has 0 radical (unpaired) electrons. The minimum Gasteiger partial charge on any atom is -0.489 e. The molecule has 0 saturated heterocycles. The van der Waals surface area contributed by atoms with Gasteiger partial charge >= 0.3 is 0 Å². The van der Waals surface area contributed by atoms with Crippen molar-refractivity contribution in [1.29, 1.82) is 0 Å². The summed E-state index contributed by atoms with van der Waals surface area (Å²) in [6, 6.07) is 1.35. The molecule has 1 heterocycles. The lowest BCUT2D eigenvalue weighted by Crippen LogP contribution is -2.06. The van der Waals surface area contributed by atoms with Gasteiger partial charge in [0.1, 0.15) is 11.6 Å². The Morgan fingerprint density at radius 2 is 2.17 bits per heavy atom. The Bertz CT molecular complexity index is 273. The standard InChI is InChI=1S/C9H12FNO/c1-6(2)12-8-4-9(10)7(3)11-5-8/h4-6H,1-3H3.